The Bertz CT molecular complexity index is 1110. The Morgan fingerprint density at radius 1 is 0.917 bits per heavy atom. The molecule has 14 heteroatoms. The number of nitrogens with one attached hydrogen (secondary N) is 4. The second-order valence-corrected chi connectivity index (χ2v) is 8.79. The van der Waals surface area contributed by atoms with Crippen LogP contribution in [0.3, 0.4) is 0 Å². The van der Waals surface area contributed by atoms with Crippen LogP contribution < -0.4 is 27.4 Å². The number of primary amides is 1. The molecule has 1 aromatic carbocycles. The third-order valence-corrected chi connectivity index (χ3v) is 6.11. The molecule has 4 amide bonds. The number of carboxylic acid groups (broad SMARTS) is 1. The van der Waals surface area contributed by atoms with Crippen molar-refractivity contribution in [2.75, 3.05) is 11.5 Å². The van der Waals surface area contributed by atoms with E-state index in [1.807, 2.05) is 24.3 Å². The van der Waals surface area contributed by atoms with Gasteiger partial charge in [-0.2, -0.15) is 25.3 Å². The van der Waals surface area contributed by atoms with Gasteiger partial charge in [0.15, 0.2) is 0 Å². The summed E-state index contributed by atoms with van der Waals surface area (Å²) in [5, 5.41) is 17.3. The number of carbonyl (C=O) groups is 5. The molecular formula is C22H30N6O6S2. The lowest BCUT2D eigenvalue weighted by molar-refractivity contribution is -0.141. The molecule has 0 aliphatic carbocycles. The SMILES string of the molecule is NC(=O)CCC(N)C(=O)NC(Cc1c[nH]c2ccccc12)C(=O)NC(CS)C(=O)NC(CS)C(=O)O. The number of carboxylic acids is 1. The number of nitrogens with two attached hydrogens (primary N) is 2. The number of hydrogen-bond donors (Lipinski definition) is 9. The van der Waals surface area contributed by atoms with Crippen molar-refractivity contribution in [3.8, 4) is 0 Å². The van der Waals surface area contributed by atoms with Crippen molar-refractivity contribution in [2.24, 2.45) is 11.5 Å². The number of amides is 4. The van der Waals surface area contributed by atoms with Crippen molar-refractivity contribution in [3.05, 3.63) is 36.0 Å². The normalized spacial score (nSPS) is 14.3. The van der Waals surface area contributed by atoms with E-state index in [1.165, 1.54) is 0 Å². The molecule has 9 N–H and O–H groups in total. The summed E-state index contributed by atoms with van der Waals surface area (Å²) in [6.45, 7) is 0. The number of aromatic amines is 1. The number of benzene rings is 1. The van der Waals surface area contributed by atoms with Crippen LogP contribution in [0.5, 0.6) is 0 Å². The summed E-state index contributed by atoms with van der Waals surface area (Å²) in [7, 11) is 0. The smallest absolute Gasteiger partial charge is 0.327 e. The molecular weight excluding hydrogens is 508 g/mol. The quantitative estimate of drug-likeness (QED) is 0.133. The van der Waals surface area contributed by atoms with Crippen LogP contribution in [-0.2, 0) is 30.4 Å². The summed E-state index contributed by atoms with van der Waals surface area (Å²) >= 11 is 7.99. The molecule has 0 saturated heterocycles. The summed E-state index contributed by atoms with van der Waals surface area (Å²) in [4.78, 5) is 63.7. The van der Waals surface area contributed by atoms with Gasteiger partial charge in [-0.1, -0.05) is 18.2 Å². The average Bonchev–Trinajstić information content (AvgIpc) is 3.25. The standard InChI is InChI=1S/C22H30N6O6S2/c23-13(5-6-18(24)29)19(30)26-15(7-11-8-25-14-4-2-1-3-12(11)14)20(31)27-16(9-35)21(32)28-17(10-36)22(33)34/h1-4,8,13,15-17,25,35-36H,5-7,9-10,23H2,(H2,24,29)(H,26,30)(H,27,31)(H,28,32)(H,33,34). The lowest BCUT2D eigenvalue weighted by Crippen LogP contribution is -2.58. The minimum atomic E-state index is -1.28. The number of para-hydroxylation sites is 1. The molecule has 1 heterocycles. The van der Waals surface area contributed by atoms with Gasteiger partial charge in [-0.05, 0) is 18.1 Å². The highest BCUT2D eigenvalue weighted by Crippen LogP contribution is 2.19. The number of H-pyrrole nitrogens is 1. The minimum absolute atomic E-state index is 0.00936. The van der Waals surface area contributed by atoms with Gasteiger partial charge in [0.1, 0.15) is 18.1 Å². The van der Waals surface area contributed by atoms with E-state index in [-0.39, 0.29) is 30.8 Å². The Labute approximate surface area is 218 Å². The third kappa shape index (κ3) is 8.17. The first-order chi connectivity index (χ1) is 17.1. The van der Waals surface area contributed by atoms with E-state index < -0.39 is 53.8 Å². The molecule has 0 aliphatic rings. The Morgan fingerprint density at radius 2 is 1.50 bits per heavy atom. The highest BCUT2D eigenvalue weighted by molar-refractivity contribution is 7.80. The lowest BCUT2D eigenvalue weighted by atomic mass is 10.0. The van der Waals surface area contributed by atoms with Gasteiger partial charge in [-0.15, -0.1) is 0 Å². The monoisotopic (exact) mass is 538 g/mol. The molecule has 4 unspecified atom stereocenters. The molecule has 0 fully saturated rings. The maximum atomic E-state index is 13.2. The summed E-state index contributed by atoms with van der Waals surface area (Å²) in [5.41, 5.74) is 12.5. The predicted molar refractivity (Wildman–Crippen MR) is 140 cm³/mol. The lowest BCUT2D eigenvalue weighted by Gasteiger charge is -2.24. The maximum absolute atomic E-state index is 13.2. The van der Waals surface area contributed by atoms with Gasteiger partial charge in [0.05, 0.1) is 6.04 Å². The van der Waals surface area contributed by atoms with Crippen LogP contribution in [0.15, 0.2) is 30.5 Å². The van der Waals surface area contributed by atoms with Crippen molar-refractivity contribution in [3.63, 3.8) is 0 Å². The first-order valence-electron chi connectivity index (χ1n) is 11.0. The van der Waals surface area contributed by atoms with Gasteiger partial charge in [-0.3, -0.25) is 19.2 Å². The molecule has 1 aromatic heterocycles. The van der Waals surface area contributed by atoms with Gasteiger partial charge in [0.2, 0.25) is 23.6 Å². The van der Waals surface area contributed by atoms with E-state index in [9.17, 15) is 24.0 Å². The number of carbonyl (C=O) groups excluding carboxylic acids is 4. The highest BCUT2D eigenvalue weighted by Gasteiger charge is 2.30. The highest BCUT2D eigenvalue weighted by atomic mass is 32.1. The van der Waals surface area contributed by atoms with E-state index in [2.05, 4.69) is 46.2 Å². The zero-order valence-electron chi connectivity index (χ0n) is 19.3. The van der Waals surface area contributed by atoms with Gasteiger partial charge in [-0.25, -0.2) is 4.79 Å². The van der Waals surface area contributed by atoms with Gasteiger partial charge < -0.3 is 37.5 Å². The fourth-order valence-corrected chi connectivity index (χ4v) is 3.87. The first-order valence-corrected chi connectivity index (χ1v) is 12.3. The topological polar surface area (TPSA) is 209 Å². The van der Waals surface area contributed by atoms with Crippen LogP contribution in [0.2, 0.25) is 0 Å². The second-order valence-electron chi connectivity index (χ2n) is 8.06. The molecule has 12 nitrogen and oxygen atoms in total. The third-order valence-electron chi connectivity index (χ3n) is 5.38. The number of aromatic nitrogens is 1. The zero-order valence-corrected chi connectivity index (χ0v) is 21.1. The predicted octanol–water partition coefficient (Wildman–Crippen LogP) is -1.30. The average molecular weight is 539 g/mol. The molecule has 0 aliphatic heterocycles. The van der Waals surface area contributed by atoms with Crippen LogP contribution in [0.25, 0.3) is 10.9 Å². The molecule has 196 valence electrons. The van der Waals surface area contributed by atoms with Gasteiger partial charge in [0, 0.05) is 41.4 Å². The van der Waals surface area contributed by atoms with Crippen molar-refractivity contribution in [2.45, 2.75) is 43.4 Å². The van der Waals surface area contributed by atoms with Crippen LogP contribution in [0.4, 0.5) is 0 Å². The number of fused-ring (bicyclic) bond motifs is 1. The summed E-state index contributed by atoms with van der Waals surface area (Å²) in [6, 6.07) is 2.70. The maximum Gasteiger partial charge on any atom is 0.327 e. The summed E-state index contributed by atoms with van der Waals surface area (Å²) in [6.07, 6.45) is 1.65. The molecule has 36 heavy (non-hydrogen) atoms. The molecule has 0 radical (unpaired) electrons. The van der Waals surface area contributed by atoms with Crippen LogP contribution in [-0.4, -0.2) is 75.4 Å². The van der Waals surface area contributed by atoms with Crippen LogP contribution in [0.1, 0.15) is 18.4 Å². The van der Waals surface area contributed by atoms with E-state index in [4.69, 9.17) is 16.6 Å². The van der Waals surface area contributed by atoms with Gasteiger partial charge >= 0.3 is 5.97 Å². The fourth-order valence-electron chi connectivity index (χ4n) is 3.36. The van der Waals surface area contributed by atoms with E-state index in [1.54, 1.807) is 6.20 Å². The molecule has 2 aromatic rings. The van der Waals surface area contributed by atoms with Crippen molar-refractivity contribution in [1.82, 2.24) is 20.9 Å². The van der Waals surface area contributed by atoms with E-state index in [0.29, 0.717) is 0 Å². The molecule has 2 rings (SSSR count). The Hall–Kier alpha value is -3.23. The van der Waals surface area contributed by atoms with E-state index >= 15 is 0 Å². The van der Waals surface area contributed by atoms with Gasteiger partial charge in [0.25, 0.3) is 0 Å². The second kappa shape index (κ2) is 13.8. The number of thiol groups is 2. The largest absolute Gasteiger partial charge is 0.480 e. The Kier molecular flexibility index (Phi) is 11.1. The zero-order chi connectivity index (χ0) is 26.8. The summed E-state index contributed by atoms with van der Waals surface area (Å²) < 4.78 is 0. The number of hydrogen-bond acceptors (Lipinski definition) is 8. The number of aliphatic carboxylic acids is 1. The molecule has 0 saturated carbocycles. The summed E-state index contributed by atoms with van der Waals surface area (Å²) in [5.74, 6) is -4.34. The van der Waals surface area contributed by atoms with E-state index in [0.717, 1.165) is 16.5 Å². The van der Waals surface area contributed by atoms with Crippen LogP contribution >= 0.6 is 25.3 Å². The fraction of sp³-hybridized carbons (Fsp3) is 0.409. The first kappa shape index (κ1) is 29.0. The van der Waals surface area contributed by atoms with Crippen molar-refractivity contribution < 1.29 is 29.1 Å². The molecule has 4 atom stereocenters. The number of rotatable bonds is 14. The molecule has 0 bridgehead atoms. The van der Waals surface area contributed by atoms with Crippen molar-refractivity contribution in [1.29, 1.82) is 0 Å². The van der Waals surface area contributed by atoms with Crippen molar-refractivity contribution >= 4 is 65.8 Å². The Balaban J connectivity index is 2.22. The van der Waals surface area contributed by atoms with Crippen LogP contribution in [0, 0.1) is 0 Å². The minimum Gasteiger partial charge on any atom is -0.480 e. The molecule has 0 spiro atoms. The Morgan fingerprint density at radius 3 is 2.11 bits per heavy atom.